The molecule has 0 bridgehead atoms. The number of nitrogens with one attached hydrogen (secondary N) is 1. The van der Waals surface area contributed by atoms with E-state index < -0.39 is 0 Å². The van der Waals surface area contributed by atoms with Crippen LogP contribution in [0.25, 0.3) is 0 Å². The van der Waals surface area contributed by atoms with Gasteiger partial charge >= 0.3 is 0 Å². The van der Waals surface area contributed by atoms with E-state index in [4.69, 9.17) is 0 Å². The number of hydrogen-bond acceptors (Lipinski definition) is 4. The fourth-order valence-electron chi connectivity index (χ4n) is 3.28. The maximum atomic E-state index is 12.4. The Morgan fingerprint density at radius 2 is 2.08 bits per heavy atom. The van der Waals surface area contributed by atoms with Crippen LogP contribution in [0.2, 0.25) is 0 Å². The van der Waals surface area contributed by atoms with Gasteiger partial charge in [-0.3, -0.25) is 14.3 Å². The number of hydrogen-bond donors (Lipinski definition) is 1. The summed E-state index contributed by atoms with van der Waals surface area (Å²) >= 11 is 0. The molecule has 2 heterocycles. The van der Waals surface area contributed by atoms with E-state index in [1.807, 2.05) is 13.8 Å². The van der Waals surface area contributed by atoms with Crippen molar-refractivity contribution in [2.45, 2.75) is 71.0 Å². The number of aryl methyl sites for hydroxylation is 1. The van der Waals surface area contributed by atoms with Gasteiger partial charge in [0, 0.05) is 31.1 Å². The summed E-state index contributed by atoms with van der Waals surface area (Å²) < 4.78 is 1.71. The number of carbonyl (C=O) groups excluding carboxylic acids is 2. The first-order valence-corrected chi connectivity index (χ1v) is 9.06. The average Bonchev–Trinajstić information content (AvgIpc) is 3.30. The summed E-state index contributed by atoms with van der Waals surface area (Å²) in [6, 6.07) is 0.371. The Bertz CT molecular complexity index is 594. The van der Waals surface area contributed by atoms with Crippen molar-refractivity contribution < 1.29 is 9.59 Å². The zero-order valence-electron chi connectivity index (χ0n) is 14.6. The van der Waals surface area contributed by atoms with Crippen LogP contribution in [0, 0.1) is 5.92 Å². The quantitative estimate of drug-likeness (QED) is 0.857. The number of aromatic nitrogens is 3. The zero-order valence-corrected chi connectivity index (χ0v) is 14.6. The summed E-state index contributed by atoms with van der Waals surface area (Å²) in [5.41, 5.74) is 0.346. The van der Waals surface area contributed by atoms with Crippen LogP contribution in [-0.2, 0) is 11.3 Å². The number of amides is 2. The SMILES string of the molecule is CC(C)NC(=O)c1cn(CCC2CCCCN2C(=O)C2CC2)nn1. The second-order valence-electron chi connectivity index (χ2n) is 7.24. The molecule has 132 valence electrons. The fraction of sp³-hybridized carbons (Fsp3) is 0.765. The Morgan fingerprint density at radius 1 is 1.29 bits per heavy atom. The molecule has 1 unspecified atom stereocenters. The number of rotatable bonds is 6. The van der Waals surface area contributed by atoms with Gasteiger partial charge in [0.15, 0.2) is 5.69 Å². The highest BCUT2D eigenvalue weighted by atomic mass is 16.2. The predicted molar refractivity (Wildman–Crippen MR) is 89.3 cm³/mol. The van der Waals surface area contributed by atoms with E-state index in [0.717, 1.165) is 38.6 Å². The van der Waals surface area contributed by atoms with Gasteiger partial charge in [0.25, 0.3) is 5.91 Å². The highest BCUT2D eigenvalue weighted by Gasteiger charge is 2.37. The lowest BCUT2D eigenvalue weighted by atomic mass is 9.98. The molecule has 1 aromatic heterocycles. The van der Waals surface area contributed by atoms with Crippen molar-refractivity contribution in [2.75, 3.05) is 6.54 Å². The van der Waals surface area contributed by atoms with Gasteiger partial charge in [0.2, 0.25) is 5.91 Å². The lowest BCUT2D eigenvalue weighted by molar-refractivity contribution is -0.136. The topological polar surface area (TPSA) is 80.1 Å². The second kappa shape index (κ2) is 7.32. The molecule has 24 heavy (non-hydrogen) atoms. The number of likely N-dealkylation sites (tertiary alicyclic amines) is 1. The summed E-state index contributed by atoms with van der Waals surface area (Å²) in [5.74, 6) is 0.429. The van der Waals surface area contributed by atoms with E-state index in [9.17, 15) is 9.59 Å². The Hall–Kier alpha value is -1.92. The molecule has 2 amide bonds. The molecule has 0 aromatic carbocycles. The van der Waals surface area contributed by atoms with Crippen LogP contribution in [0.1, 0.15) is 62.9 Å². The minimum atomic E-state index is -0.195. The molecule has 1 atom stereocenters. The molecule has 1 N–H and O–H groups in total. The summed E-state index contributed by atoms with van der Waals surface area (Å²) in [5, 5.41) is 10.8. The highest BCUT2D eigenvalue weighted by molar-refractivity contribution is 5.91. The summed E-state index contributed by atoms with van der Waals surface area (Å²) in [6.45, 7) is 5.40. The Morgan fingerprint density at radius 3 is 2.79 bits per heavy atom. The van der Waals surface area contributed by atoms with Gasteiger partial charge in [-0.15, -0.1) is 5.10 Å². The third-order valence-corrected chi connectivity index (χ3v) is 4.72. The van der Waals surface area contributed by atoms with Gasteiger partial charge in [-0.25, -0.2) is 0 Å². The Kier molecular flexibility index (Phi) is 5.16. The molecule has 7 heteroatoms. The standard InChI is InChI=1S/C17H27N5O2/c1-12(2)18-16(23)15-11-21(20-19-15)10-8-14-5-3-4-9-22(14)17(24)13-6-7-13/h11-14H,3-10H2,1-2H3,(H,18,23). The first-order valence-electron chi connectivity index (χ1n) is 9.06. The van der Waals surface area contributed by atoms with E-state index in [2.05, 4.69) is 20.5 Å². The summed E-state index contributed by atoms with van der Waals surface area (Å²) in [6.07, 6.45) is 8.02. The molecule has 7 nitrogen and oxygen atoms in total. The maximum Gasteiger partial charge on any atom is 0.273 e. The van der Waals surface area contributed by atoms with Crippen molar-refractivity contribution in [1.29, 1.82) is 0 Å². The molecular formula is C17H27N5O2. The molecule has 2 aliphatic rings. The molecular weight excluding hydrogens is 306 g/mol. The molecule has 3 rings (SSSR count). The molecule has 1 aromatic rings. The van der Waals surface area contributed by atoms with Crippen molar-refractivity contribution >= 4 is 11.8 Å². The van der Waals surface area contributed by atoms with E-state index >= 15 is 0 Å². The minimum absolute atomic E-state index is 0.0758. The van der Waals surface area contributed by atoms with Crippen molar-refractivity contribution in [1.82, 2.24) is 25.2 Å². The minimum Gasteiger partial charge on any atom is -0.348 e. The van der Waals surface area contributed by atoms with Gasteiger partial charge in [-0.05, 0) is 52.4 Å². The Balaban J connectivity index is 1.55. The van der Waals surface area contributed by atoms with Gasteiger partial charge in [-0.2, -0.15) is 0 Å². The van der Waals surface area contributed by atoms with Crippen LogP contribution in [-0.4, -0.2) is 50.3 Å². The fourth-order valence-corrected chi connectivity index (χ4v) is 3.28. The first-order chi connectivity index (χ1) is 11.5. The van der Waals surface area contributed by atoms with Gasteiger partial charge in [0.1, 0.15) is 0 Å². The van der Waals surface area contributed by atoms with E-state index in [-0.39, 0.29) is 17.9 Å². The molecule has 2 fully saturated rings. The normalized spacial score (nSPS) is 21.1. The smallest absolute Gasteiger partial charge is 0.273 e. The monoisotopic (exact) mass is 333 g/mol. The van der Waals surface area contributed by atoms with Crippen LogP contribution in [0.15, 0.2) is 6.20 Å². The average molecular weight is 333 g/mol. The number of piperidine rings is 1. The van der Waals surface area contributed by atoms with E-state index in [0.29, 0.717) is 24.2 Å². The highest BCUT2D eigenvalue weighted by Crippen LogP contribution is 2.33. The van der Waals surface area contributed by atoms with Crippen molar-refractivity contribution in [3.63, 3.8) is 0 Å². The zero-order chi connectivity index (χ0) is 17.1. The largest absolute Gasteiger partial charge is 0.348 e. The van der Waals surface area contributed by atoms with E-state index in [1.165, 1.54) is 6.42 Å². The summed E-state index contributed by atoms with van der Waals surface area (Å²) in [4.78, 5) is 26.4. The molecule has 1 aliphatic carbocycles. The van der Waals surface area contributed by atoms with Crippen molar-refractivity contribution in [3.05, 3.63) is 11.9 Å². The van der Waals surface area contributed by atoms with Crippen molar-refractivity contribution in [3.8, 4) is 0 Å². The maximum absolute atomic E-state index is 12.4. The molecule has 0 spiro atoms. The molecule has 1 saturated heterocycles. The molecule has 1 aliphatic heterocycles. The van der Waals surface area contributed by atoms with Gasteiger partial charge < -0.3 is 10.2 Å². The third kappa shape index (κ3) is 4.13. The van der Waals surface area contributed by atoms with Gasteiger partial charge in [0.05, 0.1) is 6.20 Å². The number of carbonyl (C=O) groups is 2. The van der Waals surface area contributed by atoms with Crippen LogP contribution < -0.4 is 5.32 Å². The molecule has 0 radical (unpaired) electrons. The predicted octanol–water partition coefficient (Wildman–Crippen LogP) is 1.60. The number of nitrogens with zero attached hydrogens (tertiary/aromatic N) is 4. The van der Waals surface area contributed by atoms with E-state index in [1.54, 1.807) is 10.9 Å². The summed E-state index contributed by atoms with van der Waals surface area (Å²) in [7, 11) is 0. The van der Waals surface area contributed by atoms with Crippen LogP contribution >= 0.6 is 0 Å². The Labute approximate surface area is 142 Å². The van der Waals surface area contributed by atoms with Crippen molar-refractivity contribution in [2.24, 2.45) is 5.92 Å². The lowest BCUT2D eigenvalue weighted by Crippen LogP contribution is -2.45. The van der Waals surface area contributed by atoms with Crippen LogP contribution in [0.3, 0.4) is 0 Å². The lowest BCUT2D eigenvalue weighted by Gasteiger charge is -2.36. The van der Waals surface area contributed by atoms with Crippen LogP contribution in [0.4, 0.5) is 0 Å². The second-order valence-corrected chi connectivity index (χ2v) is 7.24. The van der Waals surface area contributed by atoms with Gasteiger partial charge in [-0.1, -0.05) is 5.21 Å². The molecule has 1 saturated carbocycles. The first kappa shape index (κ1) is 16.9. The van der Waals surface area contributed by atoms with Crippen LogP contribution in [0.5, 0.6) is 0 Å². The third-order valence-electron chi connectivity index (χ3n) is 4.72.